The van der Waals surface area contributed by atoms with Crippen LogP contribution in [0.5, 0.6) is 11.5 Å². The SMILES string of the molecule is CO[C@@H]1[C@@H](NC(=O)c2ccccn2)c2ccccc2C12CCN(C(=O)c1ccc3c(c1)OCO3)CC2. The van der Waals surface area contributed by atoms with E-state index in [-0.39, 0.29) is 36.2 Å². The lowest BCUT2D eigenvalue weighted by atomic mass is 9.71. The third-order valence-corrected chi connectivity index (χ3v) is 7.68. The average molecular weight is 486 g/mol. The molecule has 1 N–H and O–H groups in total. The molecule has 1 spiro atoms. The molecule has 1 aliphatic carbocycles. The van der Waals surface area contributed by atoms with Gasteiger partial charge in [0, 0.05) is 37.4 Å². The second-order valence-electron chi connectivity index (χ2n) is 9.43. The molecule has 184 valence electrons. The minimum atomic E-state index is -0.309. The minimum Gasteiger partial charge on any atom is -0.454 e. The van der Waals surface area contributed by atoms with Crippen LogP contribution < -0.4 is 14.8 Å². The highest BCUT2D eigenvalue weighted by Crippen LogP contribution is 2.52. The first kappa shape index (κ1) is 22.5. The van der Waals surface area contributed by atoms with E-state index in [0.717, 1.165) is 18.4 Å². The molecule has 3 heterocycles. The molecule has 2 aliphatic heterocycles. The van der Waals surface area contributed by atoms with Crippen molar-refractivity contribution in [1.29, 1.82) is 0 Å². The number of ether oxygens (including phenoxy) is 3. The van der Waals surface area contributed by atoms with Crippen LogP contribution >= 0.6 is 0 Å². The summed E-state index contributed by atoms with van der Waals surface area (Å²) >= 11 is 0. The van der Waals surface area contributed by atoms with E-state index in [4.69, 9.17) is 14.2 Å². The maximum absolute atomic E-state index is 13.3. The first-order chi connectivity index (χ1) is 17.6. The summed E-state index contributed by atoms with van der Waals surface area (Å²) in [6, 6.07) is 18.5. The van der Waals surface area contributed by atoms with Gasteiger partial charge in [0.1, 0.15) is 5.69 Å². The summed E-state index contributed by atoms with van der Waals surface area (Å²) in [5.74, 6) is 1.01. The Balaban J connectivity index is 1.24. The van der Waals surface area contributed by atoms with Crippen molar-refractivity contribution >= 4 is 11.8 Å². The summed E-state index contributed by atoms with van der Waals surface area (Å²) in [7, 11) is 1.70. The second kappa shape index (κ2) is 8.95. The number of rotatable bonds is 4. The number of aromatic nitrogens is 1. The molecule has 2 amide bonds. The van der Waals surface area contributed by atoms with Gasteiger partial charge >= 0.3 is 0 Å². The maximum atomic E-state index is 13.3. The molecule has 2 atom stereocenters. The highest BCUT2D eigenvalue weighted by molar-refractivity contribution is 5.95. The number of likely N-dealkylation sites (tertiary alicyclic amines) is 1. The molecule has 1 saturated heterocycles. The van der Waals surface area contributed by atoms with E-state index in [1.807, 2.05) is 17.0 Å². The predicted molar refractivity (Wildman–Crippen MR) is 131 cm³/mol. The number of carbonyl (C=O) groups is 2. The largest absolute Gasteiger partial charge is 0.454 e. The molecule has 3 aromatic rings. The highest BCUT2D eigenvalue weighted by Gasteiger charge is 2.54. The fourth-order valence-electron chi connectivity index (χ4n) is 5.96. The van der Waals surface area contributed by atoms with E-state index < -0.39 is 0 Å². The van der Waals surface area contributed by atoms with Gasteiger partial charge in [-0.15, -0.1) is 0 Å². The summed E-state index contributed by atoms with van der Waals surface area (Å²) in [6.07, 6.45) is 2.81. The van der Waals surface area contributed by atoms with Gasteiger partial charge in [0.2, 0.25) is 6.79 Å². The monoisotopic (exact) mass is 485 g/mol. The zero-order valence-corrected chi connectivity index (χ0v) is 20.0. The van der Waals surface area contributed by atoms with Crippen LogP contribution in [0.25, 0.3) is 0 Å². The van der Waals surface area contributed by atoms with Gasteiger partial charge in [0.05, 0.1) is 12.1 Å². The van der Waals surface area contributed by atoms with Crippen LogP contribution in [0.2, 0.25) is 0 Å². The molecule has 1 aromatic heterocycles. The lowest BCUT2D eigenvalue weighted by Crippen LogP contribution is -2.51. The molecule has 2 aromatic carbocycles. The molecule has 8 heteroatoms. The zero-order chi connectivity index (χ0) is 24.7. The van der Waals surface area contributed by atoms with Gasteiger partial charge in [-0.2, -0.15) is 0 Å². The number of nitrogens with zero attached hydrogens (tertiary/aromatic N) is 2. The van der Waals surface area contributed by atoms with Crippen molar-refractivity contribution in [3.05, 3.63) is 89.2 Å². The summed E-state index contributed by atoms with van der Waals surface area (Å²) in [4.78, 5) is 32.4. The van der Waals surface area contributed by atoms with E-state index >= 15 is 0 Å². The lowest BCUT2D eigenvalue weighted by Gasteiger charge is -2.44. The lowest BCUT2D eigenvalue weighted by molar-refractivity contribution is -0.00933. The van der Waals surface area contributed by atoms with Crippen LogP contribution in [0.4, 0.5) is 0 Å². The number of amides is 2. The smallest absolute Gasteiger partial charge is 0.270 e. The third-order valence-electron chi connectivity index (χ3n) is 7.68. The molecule has 0 saturated carbocycles. The molecular weight excluding hydrogens is 458 g/mol. The van der Waals surface area contributed by atoms with E-state index in [2.05, 4.69) is 22.4 Å². The number of carbonyl (C=O) groups excluding carboxylic acids is 2. The van der Waals surface area contributed by atoms with Crippen LogP contribution in [0.1, 0.15) is 50.9 Å². The van der Waals surface area contributed by atoms with Crippen molar-refractivity contribution in [3.8, 4) is 11.5 Å². The predicted octanol–water partition coefficient (Wildman–Crippen LogP) is 3.48. The first-order valence-corrected chi connectivity index (χ1v) is 12.1. The van der Waals surface area contributed by atoms with Crippen LogP contribution in [-0.4, -0.2) is 54.8 Å². The summed E-state index contributed by atoms with van der Waals surface area (Å²) < 4.78 is 16.9. The van der Waals surface area contributed by atoms with Crippen LogP contribution in [0.3, 0.4) is 0 Å². The Morgan fingerprint density at radius 3 is 2.58 bits per heavy atom. The molecule has 1 fully saturated rings. The van der Waals surface area contributed by atoms with E-state index in [0.29, 0.717) is 35.8 Å². The van der Waals surface area contributed by atoms with Gasteiger partial charge in [-0.1, -0.05) is 30.3 Å². The third kappa shape index (κ3) is 3.60. The van der Waals surface area contributed by atoms with E-state index in [9.17, 15) is 9.59 Å². The highest BCUT2D eigenvalue weighted by atomic mass is 16.7. The van der Waals surface area contributed by atoms with Gasteiger partial charge in [-0.25, -0.2) is 0 Å². The number of fused-ring (bicyclic) bond motifs is 3. The first-order valence-electron chi connectivity index (χ1n) is 12.1. The Hall–Kier alpha value is -3.91. The molecule has 0 radical (unpaired) electrons. The van der Waals surface area contributed by atoms with Gasteiger partial charge in [-0.3, -0.25) is 14.6 Å². The van der Waals surface area contributed by atoms with E-state index in [1.165, 1.54) is 5.56 Å². The molecule has 36 heavy (non-hydrogen) atoms. The second-order valence-corrected chi connectivity index (χ2v) is 9.43. The molecule has 8 nitrogen and oxygen atoms in total. The summed E-state index contributed by atoms with van der Waals surface area (Å²) in [6.45, 7) is 1.35. The normalized spacial score (nSPS) is 21.3. The van der Waals surface area contributed by atoms with Crippen molar-refractivity contribution in [1.82, 2.24) is 15.2 Å². The number of nitrogens with one attached hydrogen (secondary N) is 1. The van der Waals surface area contributed by atoms with Crippen molar-refractivity contribution in [2.24, 2.45) is 0 Å². The molecule has 0 bridgehead atoms. The summed E-state index contributed by atoms with van der Waals surface area (Å²) in [5, 5.41) is 3.17. The number of benzene rings is 2. The Kier molecular flexibility index (Phi) is 5.60. The Bertz CT molecular complexity index is 1300. The molecular formula is C28H27N3O5. The number of pyridine rings is 1. The number of methoxy groups -OCH3 is 1. The van der Waals surface area contributed by atoms with Crippen molar-refractivity contribution < 1.29 is 23.8 Å². The van der Waals surface area contributed by atoms with Gasteiger partial charge in [0.25, 0.3) is 11.8 Å². The quantitative estimate of drug-likeness (QED) is 0.609. The molecule has 3 aliphatic rings. The Morgan fingerprint density at radius 2 is 1.81 bits per heavy atom. The van der Waals surface area contributed by atoms with Crippen molar-refractivity contribution in [2.45, 2.75) is 30.4 Å². The van der Waals surface area contributed by atoms with Crippen molar-refractivity contribution in [3.63, 3.8) is 0 Å². The maximum Gasteiger partial charge on any atom is 0.270 e. The zero-order valence-electron chi connectivity index (χ0n) is 20.0. The fourth-order valence-corrected chi connectivity index (χ4v) is 5.96. The standard InChI is InChI=1S/C28H27N3O5/c1-34-25-24(30-26(32)21-8-4-5-13-29-21)19-6-2-3-7-20(19)28(25)11-14-31(15-12-28)27(33)18-9-10-22-23(16-18)36-17-35-22/h2-10,13,16,24-25H,11-12,14-15,17H2,1H3,(H,30,32)/t24-,25+/m0/s1. The Labute approximate surface area is 209 Å². The van der Waals surface area contributed by atoms with Crippen LogP contribution in [-0.2, 0) is 10.2 Å². The van der Waals surface area contributed by atoms with Crippen LogP contribution in [0, 0.1) is 0 Å². The van der Waals surface area contributed by atoms with Gasteiger partial charge in [-0.05, 0) is 54.3 Å². The minimum absolute atomic E-state index is 0.0246. The number of hydrogen-bond acceptors (Lipinski definition) is 6. The average Bonchev–Trinajstić information content (AvgIpc) is 3.50. The number of piperidine rings is 1. The van der Waals surface area contributed by atoms with Crippen molar-refractivity contribution in [2.75, 3.05) is 27.0 Å². The Morgan fingerprint density at radius 1 is 1.03 bits per heavy atom. The molecule has 6 rings (SSSR count). The topological polar surface area (TPSA) is 90.0 Å². The van der Waals surface area contributed by atoms with Crippen LogP contribution in [0.15, 0.2) is 66.9 Å². The van der Waals surface area contributed by atoms with Gasteiger partial charge in [0.15, 0.2) is 11.5 Å². The summed E-state index contributed by atoms with van der Waals surface area (Å²) in [5.41, 5.74) is 2.89. The molecule has 0 unspecified atom stereocenters. The fraction of sp³-hybridized carbons (Fsp3) is 0.321. The van der Waals surface area contributed by atoms with Gasteiger partial charge < -0.3 is 24.4 Å². The number of hydrogen-bond donors (Lipinski definition) is 1. The van der Waals surface area contributed by atoms with E-state index in [1.54, 1.807) is 49.7 Å².